The van der Waals surface area contributed by atoms with Crippen molar-refractivity contribution in [2.24, 2.45) is 0 Å². The van der Waals surface area contributed by atoms with Crippen LogP contribution in [0.15, 0.2) is 35.2 Å². The Bertz CT molecular complexity index is 634. The number of ether oxygens (including phenoxy) is 1. The highest BCUT2D eigenvalue weighted by Gasteiger charge is 2.11. The molecular weight excluding hydrogens is 326 g/mol. The van der Waals surface area contributed by atoms with Gasteiger partial charge in [-0.1, -0.05) is 0 Å². The number of aromatic nitrogens is 2. The zero-order chi connectivity index (χ0) is 14.5. The molecule has 2 N–H and O–H groups in total. The van der Waals surface area contributed by atoms with Gasteiger partial charge in [0.15, 0.2) is 0 Å². The Labute approximate surface area is 124 Å². The van der Waals surface area contributed by atoms with Crippen LogP contribution in [-0.4, -0.2) is 28.2 Å². The lowest BCUT2D eigenvalue weighted by Crippen LogP contribution is -2.10. The minimum atomic E-state index is -1.04. The van der Waals surface area contributed by atoms with Crippen molar-refractivity contribution in [3.63, 3.8) is 0 Å². The number of benzene rings is 1. The summed E-state index contributed by atoms with van der Waals surface area (Å²) < 4.78 is 5.95. The Morgan fingerprint density at radius 3 is 2.95 bits per heavy atom. The predicted octanol–water partition coefficient (Wildman–Crippen LogP) is 2.56. The van der Waals surface area contributed by atoms with Crippen molar-refractivity contribution in [3.05, 3.63) is 46.5 Å². The molecule has 0 radical (unpaired) electrons. The summed E-state index contributed by atoms with van der Waals surface area (Å²) in [7, 11) is 1.59. The van der Waals surface area contributed by atoms with Crippen molar-refractivity contribution in [3.8, 4) is 5.75 Å². The van der Waals surface area contributed by atoms with Gasteiger partial charge in [0.2, 0.25) is 0 Å². The van der Waals surface area contributed by atoms with E-state index >= 15 is 0 Å². The molecule has 1 heterocycles. The van der Waals surface area contributed by atoms with Gasteiger partial charge in [0.1, 0.15) is 17.6 Å². The van der Waals surface area contributed by atoms with Crippen LogP contribution >= 0.6 is 15.9 Å². The third-order valence-corrected chi connectivity index (χ3v) is 3.26. The van der Waals surface area contributed by atoms with Crippen LogP contribution in [0.25, 0.3) is 0 Å². The Balaban J connectivity index is 2.13. The van der Waals surface area contributed by atoms with Crippen LogP contribution in [-0.2, 0) is 6.54 Å². The number of carboxylic acid groups (broad SMARTS) is 1. The molecule has 0 spiro atoms. The van der Waals surface area contributed by atoms with Crippen molar-refractivity contribution in [1.82, 2.24) is 9.97 Å². The number of hydrogen-bond acceptors (Lipinski definition) is 5. The number of nitrogens with one attached hydrogen (secondary N) is 1. The van der Waals surface area contributed by atoms with Crippen LogP contribution in [0.2, 0.25) is 0 Å². The van der Waals surface area contributed by atoms with Gasteiger partial charge in [-0.05, 0) is 34.1 Å². The second-order valence-corrected chi connectivity index (χ2v) is 4.75. The van der Waals surface area contributed by atoms with Gasteiger partial charge in [-0.2, -0.15) is 0 Å². The summed E-state index contributed by atoms with van der Waals surface area (Å²) in [6.07, 6.45) is 2.61. The number of nitrogens with zero attached hydrogens (tertiary/aromatic N) is 2. The summed E-state index contributed by atoms with van der Waals surface area (Å²) in [6, 6.07) is 5.50. The first-order valence-electron chi connectivity index (χ1n) is 5.71. The molecule has 0 aliphatic heterocycles. The molecule has 104 valence electrons. The second kappa shape index (κ2) is 6.33. The quantitative estimate of drug-likeness (QED) is 0.872. The van der Waals surface area contributed by atoms with Crippen LogP contribution < -0.4 is 10.1 Å². The molecule has 2 rings (SSSR count). The smallest absolute Gasteiger partial charge is 0.339 e. The molecule has 0 saturated heterocycles. The van der Waals surface area contributed by atoms with Gasteiger partial charge in [-0.3, -0.25) is 0 Å². The topological polar surface area (TPSA) is 84.3 Å². The van der Waals surface area contributed by atoms with Gasteiger partial charge in [0, 0.05) is 11.9 Å². The molecule has 0 amide bonds. The third-order valence-electron chi connectivity index (χ3n) is 2.64. The van der Waals surface area contributed by atoms with Crippen LogP contribution in [0.3, 0.4) is 0 Å². The lowest BCUT2D eigenvalue weighted by atomic mass is 10.2. The van der Waals surface area contributed by atoms with Crippen molar-refractivity contribution in [2.75, 3.05) is 12.4 Å². The highest BCUT2D eigenvalue weighted by Crippen LogP contribution is 2.27. The molecule has 0 unspecified atom stereocenters. The van der Waals surface area contributed by atoms with Crippen LogP contribution in [0.1, 0.15) is 16.1 Å². The molecule has 1 aromatic heterocycles. The van der Waals surface area contributed by atoms with Crippen LogP contribution in [0.4, 0.5) is 5.69 Å². The van der Waals surface area contributed by atoms with Gasteiger partial charge in [-0.15, -0.1) is 0 Å². The van der Waals surface area contributed by atoms with E-state index in [4.69, 9.17) is 9.84 Å². The molecule has 0 saturated carbocycles. The van der Waals surface area contributed by atoms with E-state index in [1.807, 2.05) is 18.2 Å². The van der Waals surface area contributed by atoms with Gasteiger partial charge >= 0.3 is 5.97 Å². The minimum absolute atomic E-state index is 0.0903. The second-order valence-electron chi connectivity index (χ2n) is 3.89. The Morgan fingerprint density at radius 1 is 1.50 bits per heavy atom. The van der Waals surface area contributed by atoms with Crippen molar-refractivity contribution < 1.29 is 14.6 Å². The molecular formula is C13H12BrN3O3. The summed E-state index contributed by atoms with van der Waals surface area (Å²) in [5, 5.41) is 12.2. The standard InChI is InChI=1S/C13H12BrN3O3/c1-20-12-3-2-8(4-10(12)14)16-6-11-9(13(18)19)5-15-7-17-11/h2-5,7,16H,6H2,1H3,(H,18,19). The van der Waals surface area contributed by atoms with Crippen LogP contribution in [0.5, 0.6) is 5.75 Å². The molecule has 7 heteroatoms. The Hall–Kier alpha value is -2.15. The highest BCUT2D eigenvalue weighted by atomic mass is 79.9. The SMILES string of the molecule is COc1ccc(NCc2ncncc2C(=O)O)cc1Br. The van der Waals surface area contributed by atoms with Crippen molar-refractivity contribution in [2.45, 2.75) is 6.54 Å². The fraction of sp³-hybridized carbons (Fsp3) is 0.154. The molecule has 6 nitrogen and oxygen atoms in total. The lowest BCUT2D eigenvalue weighted by Gasteiger charge is -2.09. The van der Waals surface area contributed by atoms with Gasteiger partial charge in [0.05, 0.1) is 23.8 Å². The number of carboxylic acids is 1. The zero-order valence-corrected chi connectivity index (χ0v) is 12.2. The Kier molecular flexibility index (Phi) is 4.52. The molecule has 0 atom stereocenters. The van der Waals surface area contributed by atoms with Crippen molar-refractivity contribution >= 4 is 27.6 Å². The molecule has 1 aromatic carbocycles. The molecule has 0 bridgehead atoms. The summed E-state index contributed by atoms with van der Waals surface area (Å²) in [6.45, 7) is 0.295. The van der Waals surface area contributed by atoms with E-state index in [0.717, 1.165) is 15.9 Å². The van der Waals surface area contributed by atoms with E-state index in [1.54, 1.807) is 7.11 Å². The first-order chi connectivity index (χ1) is 9.61. The fourth-order valence-electron chi connectivity index (χ4n) is 1.64. The van der Waals surface area contributed by atoms with E-state index in [-0.39, 0.29) is 5.56 Å². The fourth-order valence-corrected chi connectivity index (χ4v) is 2.18. The number of carbonyl (C=O) groups is 1. The van der Waals surface area contributed by atoms with Crippen LogP contribution in [0, 0.1) is 0 Å². The number of halogens is 1. The Morgan fingerprint density at radius 2 is 2.30 bits per heavy atom. The molecule has 2 aromatic rings. The average Bonchev–Trinajstić information content (AvgIpc) is 2.45. The molecule has 0 fully saturated rings. The summed E-state index contributed by atoms with van der Waals surface area (Å²) in [4.78, 5) is 18.7. The number of aromatic carboxylic acids is 1. The summed E-state index contributed by atoms with van der Waals surface area (Å²) >= 11 is 3.39. The van der Waals surface area contributed by atoms with Gasteiger partial charge in [-0.25, -0.2) is 14.8 Å². The van der Waals surface area contributed by atoms with E-state index in [2.05, 4.69) is 31.2 Å². The average molecular weight is 338 g/mol. The minimum Gasteiger partial charge on any atom is -0.496 e. The number of methoxy groups -OCH3 is 1. The maximum atomic E-state index is 11.0. The third kappa shape index (κ3) is 3.24. The van der Waals surface area contributed by atoms with Crippen molar-refractivity contribution in [1.29, 1.82) is 0 Å². The molecule has 20 heavy (non-hydrogen) atoms. The van der Waals surface area contributed by atoms with E-state index in [1.165, 1.54) is 12.5 Å². The summed E-state index contributed by atoms with van der Waals surface area (Å²) in [5.74, 6) is -0.317. The van der Waals surface area contributed by atoms with Gasteiger partial charge in [0.25, 0.3) is 0 Å². The first-order valence-corrected chi connectivity index (χ1v) is 6.50. The van der Waals surface area contributed by atoms with E-state index in [0.29, 0.717) is 12.2 Å². The number of anilines is 1. The maximum absolute atomic E-state index is 11.0. The van der Waals surface area contributed by atoms with E-state index in [9.17, 15) is 4.79 Å². The molecule has 0 aliphatic rings. The molecule has 0 aliphatic carbocycles. The predicted molar refractivity (Wildman–Crippen MR) is 77.0 cm³/mol. The summed E-state index contributed by atoms with van der Waals surface area (Å²) in [5.41, 5.74) is 1.35. The normalized spacial score (nSPS) is 10.1. The highest BCUT2D eigenvalue weighted by molar-refractivity contribution is 9.10. The largest absolute Gasteiger partial charge is 0.496 e. The maximum Gasteiger partial charge on any atom is 0.339 e. The van der Waals surface area contributed by atoms with E-state index < -0.39 is 5.97 Å². The lowest BCUT2D eigenvalue weighted by molar-refractivity contribution is 0.0694. The monoisotopic (exact) mass is 337 g/mol. The van der Waals surface area contributed by atoms with Gasteiger partial charge < -0.3 is 15.2 Å². The zero-order valence-electron chi connectivity index (χ0n) is 10.6. The first kappa shape index (κ1) is 14.3. The number of rotatable bonds is 5. The number of hydrogen-bond donors (Lipinski definition) is 2.